The number of hydrogen-bond donors (Lipinski definition) is 2. The van der Waals surface area contributed by atoms with Gasteiger partial charge < -0.3 is 15.7 Å². The number of aromatic nitrogens is 1. The first-order chi connectivity index (χ1) is 9.33. The third-order valence-electron chi connectivity index (χ3n) is 3.79. The summed E-state index contributed by atoms with van der Waals surface area (Å²) in [5.74, 6) is -1.00. The molecule has 108 valence electrons. The highest BCUT2D eigenvalue weighted by atomic mass is 16.4. The number of hydrogen-bond acceptors (Lipinski definition) is 4. The van der Waals surface area contributed by atoms with Crippen LogP contribution in [0.4, 0.5) is 5.82 Å². The van der Waals surface area contributed by atoms with Gasteiger partial charge >= 0.3 is 5.97 Å². The number of pyridine rings is 1. The number of carbonyl (C=O) groups excluding carboxylic acids is 1. The molecule has 6 nitrogen and oxygen atoms in total. The van der Waals surface area contributed by atoms with Crippen molar-refractivity contribution in [1.29, 1.82) is 0 Å². The van der Waals surface area contributed by atoms with Gasteiger partial charge in [0.15, 0.2) is 0 Å². The predicted octanol–water partition coefficient (Wildman–Crippen LogP) is 1.26. The van der Waals surface area contributed by atoms with Crippen LogP contribution in [0.3, 0.4) is 0 Å². The van der Waals surface area contributed by atoms with Crippen molar-refractivity contribution in [3.8, 4) is 0 Å². The molecule has 0 aliphatic carbocycles. The minimum Gasteiger partial charge on any atom is -0.480 e. The number of carboxylic acids is 1. The van der Waals surface area contributed by atoms with Crippen molar-refractivity contribution >= 4 is 17.7 Å². The summed E-state index contributed by atoms with van der Waals surface area (Å²) in [6, 6.07) is 4.25. The maximum Gasteiger partial charge on any atom is 0.326 e. The number of nitrogens with zero attached hydrogens (tertiary/aromatic N) is 2. The van der Waals surface area contributed by atoms with Gasteiger partial charge in [0.2, 0.25) is 0 Å². The zero-order valence-electron chi connectivity index (χ0n) is 11.7. The van der Waals surface area contributed by atoms with Gasteiger partial charge in [0.1, 0.15) is 17.6 Å². The third-order valence-corrected chi connectivity index (χ3v) is 3.79. The summed E-state index contributed by atoms with van der Waals surface area (Å²) >= 11 is 0. The highest BCUT2D eigenvalue weighted by Crippen LogP contribution is 2.37. The molecule has 1 saturated heterocycles. The Labute approximate surface area is 117 Å². The fraction of sp³-hybridized carbons (Fsp3) is 0.500. The van der Waals surface area contributed by atoms with Crippen molar-refractivity contribution in [3.63, 3.8) is 0 Å². The molecule has 6 heteroatoms. The number of carbonyl (C=O) groups is 2. The minimum absolute atomic E-state index is 0.148. The standard InChI is InChI=1S/C14H19N3O3/c1-14(2)7-4-8-17(11(14)13(19)20)10-6-3-5-9(16-10)12(15)18/h3,5-6,11H,4,7-8H2,1-2H3,(H2,15,18)(H,19,20). The van der Waals surface area contributed by atoms with Crippen LogP contribution in [0.25, 0.3) is 0 Å². The lowest BCUT2D eigenvalue weighted by Crippen LogP contribution is -2.54. The van der Waals surface area contributed by atoms with Gasteiger partial charge in [-0.1, -0.05) is 19.9 Å². The Balaban J connectivity index is 2.41. The summed E-state index contributed by atoms with van der Waals surface area (Å²) in [6.45, 7) is 4.49. The normalized spacial score (nSPS) is 21.5. The molecule has 1 unspecified atom stereocenters. The van der Waals surface area contributed by atoms with Crippen molar-refractivity contribution in [2.24, 2.45) is 11.1 Å². The second-order valence-electron chi connectivity index (χ2n) is 5.77. The molecule has 0 radical (unpaired) electrons. The van der Waals surface area contributed by atoms with Crippen LogP contribution in [0.5, 0.6) is 0 Å². The van der Waals surface area contributed by atoms with E-state index in [-0.39, 0.29) is 11.1 Å². The average molecular weight is 277 g/mol. The molecule has 1 aliphatic heterocycles. The summed E-state index contributed by atoms with van der Waals surface area (Å²) < 4.78 is 0. The first kappa shape index (κ1) is 14.3. The molecular weight excluding hydrogens is 258 g/mol. The quantitative estimate of drug-likeness (QED) is 0.867. The summed E-state index contributed by atoms with van der Waals surface area (Å²) in [5.41, 5.74) is 5.02. The van der Waals surface area contributed by atoms with Crippen LogP contribution < -0.4 is 10.6 Å². The molecule has 1 aromatic rings. The predicted molar refractivity (Wildman–Crippen MR) is 74.5 cm³/mol. The highest BCUT2D eigenvalue weighted by Gasteiger charge is 2.43. The van der Waals surface area contributed by atoms with Crippen molar-refractivity contribution in [2.75, 3.05) is 11.4 Å². The van der Waals surface area contributed by atoms with Crippen LogP contribution in [0.2, 0.25) is 0 Å². The highest BCUT2D eigenvalue weighted by molar-refractivity contribution is 5.91. The fourth-order valence-electron chi connectivity index (χ4n) is 2.83. The molecule has 1 amide bonds. The smallest absolute Gasteiger partial charge is 0.326 e. The van der Waals surface area contributed by atoms with Gasteiger partial charge in [-0.25, -0.2) is 9.78 Å². The molecule has 20 heavy (non-hydrogen) atoms. The Morgan fingerprint density at radius 1 is 1.45 bits per heavy atom. The SMILES string of the molecule is CC1(C)CCCN(c2cccc(C(N)=O)n2)C1C(=O)O. The number of amides is 1. The number of aliphatic carboxylic acids is 1. The van der Waals surface area contributed by atoms with Gasteiger partial charge in [-0.2, -0.15) is 0 Å². The summed E-state index contributed by atoms with van der Waals surface area (Å²) in [4.78, 5) is 28.7. The zero-order valence-corrected chi connectivity index (χ0v) is 11.7. The van der Waals surface area contributed by atoms with Crippen molar-refractivity contribution in [3.05, 3.63) is 23.9 Å². The van der Waals surface area contributed by atoms with E-state index in [9.17, 15) is 14.7 Å². The lowest BCUT2D eigenvalue weighted by atomic mass is 9.76. The minimum atomic E-state index is -0.874. The summed E-state index contributed by atoms with van der Waals surface area (Å²) in [5, 5.41) is 9.52. The maximum absolute atomic E-state index is 11.6. The van der Waals surface area contributed by atoms with Gasteiger partial charge in [0.25, 0.3) is 5.91 Å². The monoisotopic (exact) mass is 277 g/mol. The summed E-state index contributed by atoms with van der Waals surface area (Å²) in [6.07, 6.45) is 1.73. The van der Waals surface area contributed by atoms with Gasteiger partial charge in [-0.05, 0) is 30.4 Å². The molecule has 1 aromatic heterocycles. The van der Waals surface area contributed by atoms with E-state index in [4.69, 9.17) is 5.73 Å². The number of primary amides is 1. The van der Waals surface area contributed by atoms with Crippen LogP contribution in [0.1, 0.15) is 37.2 Å². The lowest BCUT2D eigenvalue weighted by molar-refractivity contribution is -0.142. The molecular formula is C14H19N3O3. The van der Waals surface area contributed by atoms with E-state index < -0.39 is 17.9 Å². The number of anilines is 1. The Morgan fingerprint density at radius 3 is 2.75 bits per heavy atom. The number of nitrogens with two attached hydrogens (primary N) is 1. The van der Waals surface area contributed by atoms with Gasteiger partial charge in [0, 0.05) is 6.54 Å². The molecule has 1 fully saturated rings. The second kappa shape index (κ2) is 5.11. The van der Waals surface area contributed by atoms with Crippen LogP contribution in [-0.4, -0.2) is 34.6 Å². The van der Waals surface area contributed by atoms with Gasteiger partial charge in [-0.15, -0.1) is 0 Å². The second-order valence-corrected chi connectivity index (χ2v) is 5.77. The number of carboxylic acid groups (broad SMARTS) is 1. The number of piperidine rings is 1. The van der Waals surface area contributed by atoms with E-state index in [2.05, 4.69) is 4.98 Å². The average Bonchev–Trinajstić information content (AvgIpc) is 2.36. The van der Waals surface area contributed by atoms with E-state index >= 15 is 0 Å². The van der Waals surface area contributed by atoms with Crippen LogP contribution >= 0.6 is 0 Å². The van der Waals surface area contributed by atoms with Crippen LogP contribution in [0, 0.1) is 5.41 Å². The summed E-state index contributed by atoms with van der Waals surface area (Å²) in [7, 11) is 0. The Morgan fingerprint density at radius 2 is 2.15 bits per heavy atom. The zero-order chi connectivity index (χ0) is 14.9. The van der Waals surface area contributed by atoms with E-state index in [0.29, 0.717) is 12.4 Å². The molecule has 0 spiro atoms. The van der Waals surface area contributed by atoms with E-state index in [1.54, 1.807) is 17.0 Å². The molecule has 1 atom stereocenters. The molecule has 2 heterocycles. The third kappa shape index (κ3) is 2.59. The van der Waals surface area contributed by atoms with Crippen molar-refractivity contribution in [2.45, 2.75) is 32.7 Å². The molecule has 3 N–H and O–H groups in total. The maximum atomic E-state index is 11.6. The van der Waals surface area contributed by atoms with E-state index in [0.717, 1.165) is 12.8 Å². The lowest BCUT2D eigenvalue weighted by Gasteiger charge is -2.44. The fourth-order valence-corrected chi connectivity index (χ4v) is 2.83. The molecule has 0 saturated carbocycles. The number of rotatable bonds is 3. The van der Waals surface area contributed by atoms with E-state index in [1.807, 2.05) is 13.8 Å². The van der Waals surface area contributed by atoms with Gasteiger partial charge in [0.05, 0.1) is 0 Å². The first-order valence-corrected chi connectivity index (χ1v) is 6.59. The first-order valence-electron chi connectivity index (χ1n) is 6.59. The van der Waals surface area contributed by atoms with Crippen LogP contribution in [0.15, 0.2) is 18.2 Å². The molecule has 0 bridgehead atoms. The van der Waals surface area contributed by atoms with Crippen molar-refractivity contribution in [1.82, 2.24) is 4.98 Å². The van der Waals surface area contributed by atoms with E-state index in [1.165, 1.54) is 6.07 Å². The Hall–Kier alpha value is -2.11. The molecule has 2 rings (SSSR count). The molecule has 1 aliphatic rings. The Kier molecular flexibility index (Phi) is 3.65. The van der Waals surface area contributed by atoms with Crippen LogP contribution in [-0.2, 0) is 4.79 Å². The topological polar surface area (TPSA) is 96.5 Å². The molecule has 0 aromatic carbocycles. The largest absolute Gasteiger partial charge is 0.480 e. The van der Waals surface area contributed by atoms with Gasteiger partial charge in [-0.3, -0.25) is 4.79 Å². The Bertz CT molecular complexity index is 542. The van der Waals surface area contributed by atoms with Crippen molar-refractivity contribution < 1.29 is 14.7 Å².